The Morgan fingerprint density at radius 2 is 1.50 bits per heavy atom. The molecule has 0 aliphatic carbocycles. The van der Waals surface area contributed by atoms with Crippen molar-refractivity contribution in [2.24, 2.45) is 0 Å². The lowest BCUT2D eigenvalue weighted by Crippen LogP contribution is -2.08. The van der Waals surface area contributed by atoms with Crippen molar-refractivity contribution in [1.29, 1.82) is 0 Å². The summed E-state index contributed by atoms with van der Waals surface area (Å²) < 4.78 is 37.6. The van der Waals surface area contributed by atoms with Crippen LogP contribution < -0.4 is 0 Å². The molecule has 0 spiro atoms. The average Bonchev–Trinajstić information content (AvgIpc) is 2.86. The fourth-order valence-electron chi connectivity index (χ4n) is 2.29. The summed E-state index contributed by atoms with van der Waals surface area (Å²) in [6.07, 6.45) is 3.77. The molecule has 116 valence electrons. The number of nitrogens with one attached hydrogen (secondary N) is 1. The fourth-order valence-corrected chi connectivity index (χ4v) is 2.29. The van der Waals surface area contributed by atoms with Crippen LogP contribution in [0.1, 0.15) is 82.8 Å². The molecule has 0 bridgehead atoms. The smallest absolute Gasteiger partial charge is 0.321 e. The van der Waals surface area contributed by atoms with Crippen LogP contribution in [0.4, 0.5) is 13.2 Å². The summed E-state index contributed by atoms with van der Waals surface area (Å²) in [6, 6.07) is 0. The Kier molecular flexibility index (Phi) is 7.02. The van der Waals surface area contributed by atoms with E-state index in [1.807, 2.05) is 0 Å². The zero-order valence-corrected chi connectivity index (χ0v) is 12.3. The summed E-state index contributed by atoms with van der Waals surface area (Å²) in [6.45, 7) is 4.23. The maximum absolute atomic E-state index is 12.5. The van der Waals surface area contributed by atoms with E-state index in [0.29, 0.717) is 5.82 Å². The van der Waals surface area contributed by atoms with E-state index in [4.69, 9.17) is 0 Å². The van der Waals surface area contributed by atoms with Crippen LogP contribution in [0.3, 0.4) is 0 Å². The van der Waals surface area contributed by atoms with Gasteiger partial charge in [-0.1, -0.05) is 52.4 Å². The molecule has 0 amide bonds. The topological polar surface area (TPSA) is 41.6 Å². The van der Waals surface area contributed by atoms with Gasteiger partial charge in [0.1, 0.15) is 5.82 Å². The summed E-state index contributed by atoms with van der Waals surface area (Å²) in [5.74, 6) is -0.523. The van der Waals surface area contributed by atoms with E-state index in [0.717, 1.165) is 51.4 Å². The maximum Gasteiger partial charge on any atom is 0.451 e. The first-order valence-corrected chi connectivity index (χ1v) is 7.48. The van der Waals surface area contributed by atoms with E-state index in [1.165, 1.54) is 0 Å². The third-order valence-corrected chi connectivity index (χ3v) is 3.47. The van der Waals surface area contributed by atoms with E-state index in [2.05, 4.69) is 29.0 Å². The van der Waals surface area contributed by atoms with Gasteiger partial charge < -0.3 is 4.98 Å². The highest BCUT2D eigenvalue weighted by Gasteiger charge is 2.36. The predicted octanol–water partition coefficient (Wildman–Crippen LogP) is 5.07. The number of nitrogens with zero attached hydrogens (tertiary/aromatic N) is 2. The zero-order chi connectivity index (χ0) is 15.0. The lowest BCUT2D eigenvalue weighted by Gasteiger charge is -2.13. The van der Waals surface area contributed by atoms with Gasteiger partial charge in [-0.05, 0) is 12.8 Å². The number of rotatable bonds is 9. The molecule has 0 atom stereocenters. The van der Waals surface area contributed by atoms with E-state index in [1.54, 1.807) is 0 Å². The minimum Gasteiger partial charge on any atom is -0.321 e. The maximum atomic E-state index is 12.5. The number of unbranched alkanes of at least 4 members (excludes halogenated alkanes) is 4. The number of hydrogen-bond donors (Lipinski definition) is 1. The van der Waals surface area contributed by atoms with Crippen LogP contribution in [0.25, 0.3) is 0 Å². The molecule has 0 saturated heterocycles. The van der Waals surface area contributed by atoms with Gasteiger partial charge in [-0.25, -0.2) is 0 Å². The van der Waals surface area contributed by atoms with Gasteiger partial charge in [0.25, 0.3) is 0 Å². The highest BCUT2D eigenvalue weighted by Crippen LogP contribution is 2.30. The molecule has 3 nitrogen and oxygen atoms in total. The summed E-state index contributed by atoms with van der Waals surface area (Å²) in [5, 5.41) is 6.95. The third kappa shape index (κ3) is 5.51. The molecule has 1 aromatic heterocycles. The van der Waals surface area contributed by atoms with Gasteiger partial charge in [-0.2, -0.15) is 13.2 Å². The molecule has 0 saturated carbocycles. The van der Waals surface area contributed by atoms with Gasteiger partial charge >= 0.3 is 6.18 Å². The van der Waals surface area contributed by atoms with Crippen LogP contribution in [0.2, 0.25) is 0 Å². The molecule has 6 heteroatoms. The molecule has 0 aliphatic rings. The number of aromatic nitrogens is 3. The second-order valence-electron chi connectivity index (χ2n) is 5.25. The lowest BCUT2D eigenvalue weighted by molar-refractivity contribution is -0.144. The van der Waals surface area contributed by atoms with Gasteiger partial charge in [0.15, 0.2) is 0 Å². The standard InChI is InChI=1S/C14H24F3N3/c1-3-5-7-9-11(10-8-6-4-2)12-18-13(20-19-12)14(15,16)17/h11H,3-10H2,1-2H3,(H,18,19,20). The monoisotopic (exact) mass is 291 g/mol. The highest BCUT2D eigenvalue weighted by atomic mass is 19.4. The van der Waals surface area contributed by atoms with Crippen LogP contribution >= 0.6 is 0 Å². The minimum absolute atomic E-state index is 0.0664. The molecule has 0 aliphatic heterocycles. The van der Waals surface area contributed by atoms with Crippen molar-refractivity contribution < 1.29 is 13.2 Å². The Balaban J connectivity index is 2.67. The van der Waals surface area contributed by atoms with Gasteiger partial charge in [0.2, 0.25) is 5.82 Å². The molecule has 1 heterocycles. The van der Waals surface area contributed by atoms with Crippen LogP contribution in [0, 0.1) is 0 Å². The average molecular weight is 291 g/mol. The molecular weight excluding hydrogens is 267 g/mol. The molecule has 0 aromatic carbocycles. The Morgan fingerprint density at radius 1 is 0.950 bits per heavy atom. The number of aromatic amines is 1. The summed E-state index contributed by atoms with van der Waals surface area (Å²) >= 11 is 0. The van der Waals surface area contributed by atoms with Crippen LogP contribution in [-0.4, -0.2) is 15.2 Å². The number of hydrogen-bond acceptors (Lipinski definition) is 2. The number of halogens is 3. The second kappa shape index (κ2) is 8.27. The first kappa shape index (κ1) is 17.0. The molecule has 20 heavy (non-hydrogen) atoms. The normalized spacial score (nSPS) is 12.3. The third-order valence-electron chi connectivity index (χ3n) is 3.47. The molecule has 1 aromatic rings. The van der Waals surface area contributed by atoms with E-state index in [-0.39, 0.29) is 5.92 Å². The van der Waals surface area contributed by atoms with Crippen molar-refractivity contribution in [2.45, 2.75) is 77.3 Å². The minimum atomic E-state index is -4.44. The second-order valence-corrected chi connectivity index (χ2v) is 5.25. The zero-order valence-electron chi connectivity index (χ0n) is 12.3. The molecule has 0 fully saturated rings. The Labute approximate surface area is 118 Å². The SMILES string of the molecule is CCCCCC(CCCCC)c1nnc(C(F)(F)F)[nH]1. The predicted molar refractivity (Wildman–Crippen MR) is 72.4 cm³/mol. The Bertz CT molecular complexity index is 364. The van der Waals surface area contributed by atoms with Crippen molar-refractivity contribution in [3.63, 3.8) is 0 Å². The van der Waals surface area contributed by atoms with E-state index in [9.17, 15) is 13.2 Å². The van der Waals surface area contributed by atoms with Crippen molar-refractivity contribution in [2.75, 3.05) is 0 Å². The Morgan fingerprint density at radius 3 is 1.90 bits per heavy atom. The van der Waals surface area contributed by atoms with Crippen molar-refractivity contribution in [3.8, 4) is 0 Å². The first-order chi connectivity index (χ1) is 9.49. The number of alkyl halides is 3. The van der Waals surface area contributed by atoms with E-state index >= 15 is 0 Å². The van der Waals surface area contributed by atoms with Gasteiger partial charge in [-0.3, -0.25) is 0 Å². The molecule has 0 radical (unpaired) electrons. The molecular formula is C14H24F3N3. The van der Waals surface area contributed by atoms with Crippen molar-refractivity contribution in [1.82, 2.24) is 15.2 Å². The largest absolute Gasteiger partial charge is 0.451 e. The Hall–Kier alpha value is -1.07. The number of H-pyrrole nitrogens is 1. The quantitative estimate of drug-likeness (QED) is 0.645. The van der Waals surface area contributed by atoms with Crippen molar-refractivity contribution >= 4 is 0 Å². The van der Waals surface area contributed by atoms with Gasteiger partial charge in [0, 0.05) is 5.92 Å². The first-order valence-electron chi connectivity index (χ1n) is 7.48. The highest BCUT2D eigenvalue weighted by molar-refractivity contribution is 5.00. The van der Waals surface area contributed by atoms with Crippen LogP contribution in [0.5, 0.6) is 0 Å². The van der Waals surface area contributed by atoms with Gasteiger partial charge in [-0.15, -0.1) is 10.2 Å². The fraction of sp³-hybridized carbons (Fsp3) is 0.857. The van der Waals surface area contributed by atoms with Crippen LogP contribution in [-0.2, 0) is 6.18 Å². The molecule has 0 unspecified atom stereocenters. The van der Waals surface area contributed by atoms with Crippen LogP contribution in [0.15, 0.2) is 0 Å². The summed E-state index contributed by atoms with van der Waals surface area (Å²) in [7, 11) is 0. The molecule has 1 N–H and O–H groups in total. The molecule has 1 rings (SSSR count). The van der Waals surface area contributed by atoms with E-state index < -0.39 is 12.0 Å². The van der Waals surface area contributed by atoms with Crippen molar-refractivity contribution in [3.05, 3.63) is 11.6 Å². The summed E-state index contributed by atoms with van der Waals surface area (Å²) in [5.41, 5.74) is 0. The summed E-state index contributed by atoms with van der Waals surface area (Å²) in [4.78, 5) is 2.36. The van der Waals surface area contributed by atoms with Gasteiger partial charge in [0.05, 0.1) is 0 Å². The lowest BCUT2D eigenvalue weighted by atomic mass is 9.94.